The third kappa shape index (κ3) is 52.5. The van der Waals surface area contributed by atoms with Gasteiger partial charge in [-0.3, -0.25) is 0 Å². The van der Waals surface area contributed by atoms with Crippen LogP contribution in [-0.4, -0.2) is 9.05 Å². The van der Waals surface area contributed by atoms with Gasteiger partial charge in [0.2, 0.25) is 0 Å². The van der Waals surface area contributed by atoms with Gasteiger partial charge in [-0.1, -0.05) is 0 Å². The van der Waals surface area contributed by atoms with E-state index < -0.39 is 9.05 Å². The molecule has 0 aliphatic rings. The maximum absolute atomic E-state index is 8.58. The van der Waals surface area contributed by atoms with Crippen LogP contribution >= 0.6 is 0 Å². The number of hydrogen-bond donors (Lipinski definition) is 0. The summed E-state index contributed by atoms with van der Waals surface area (Å²) in [6, 6.07) is 0. The van der Waals surface area contributed by atoms with Gasteiger partial charge in [-0.25, -0.2) is 0 Å². The molecule has 6 heavy (non-hydrogen) atoms. The van der Waals surface area contributed by atoms with E-state index >= 15 is 0 Å². The Hall–Kier alpha value is 1.42. The van der Waals surface area contributed by atoms with E-state index in [-0.39, 0.29) is 41.3 Å². The zero-order valence-electron chi connectivity index (χ0n) is 2.71. The second-order valence-corrected chi connectivity index (χ2v) is 1.50. The van der Waals surface area contributed by atoms with Gasteiger partial charge in [0.1, 0.15) is 0 Å². The van der Waals surface area contributed by atoms with Crippen molar-refractivity contribution in [1.82, 2.24) is 0 Å². The molecule has 0 aromatic heterocycles. The Bertz CT molecular complexity index is 23.0. The summed E-state index contributed by atoms with van der Waals surface area (Å²) in [5.41, 5.74) is 0. The van der Waals surface area contributed by atoms with Gasteiger partial charge in [0.15, 0.2) is 0 Å². The van der Waals surface area contributed by atoms with E-state index in [1.54, 1.807) is 0 Å². The molecular formula is O4PrSi-4. The van der Waals surface area contributed by atoms with Gasteiger partial charge in [0, 0.05) is 41.3 Å². The molecule has 0 atom stereocenters. The van der Waals surface area contributed by atoms with E-state index in [2.05, 4.69) is 0 Å². The first-order valence-electron chi connectivity index (χ1n) is 0.816. The predicted molar refractivity (Wildman–Crippen MR) is 5.75 cm³/mol. The molecular weight excluding hydrogens is 233 g/mol. The third-order valence-corrected chi connectivity index (χ3v) is 0. The van der Waals surface area contributed by atoms with Crippen molar-refractivity contribution in [2.75, 3.05) is 0 Å². The Morgan fingerprint density at radius 2 is 0.833 bits per heavy atom. The molecule has 0 saturated carbocycles. The summed E-state index contributed by atoms with van der Waals surface area (Å²) in [4.78, 5) is 34.3. The van der Waals surface area contributed by atoms with Crippen molar-refractivity contribution in [3.8, 4) is 0 Å². The van der Waals surface area contributed by atoms with Crippen LogP contribution in [0.4, 0.5) is 0 Å². The first kappa shape index (κ1) is 10.4. The van der Waals surface area contributed by atoms with E-state index in [1.807, 2.05) is 0 Å². The molecule has 0 rings (SSSR count). The molecule has 35 valence electrons. The van der Waals surface area contributed by atoms with Crippen LogP contribution in [-0.2, 0) is 0 Å². The van der Waals surface area contributed by atoms with Crippen molar-refractivity contribution in [2.45, 2.75) is 0 Å². The molecule has 0 aliphatic carbocycles. The summed E-state index contributed by atoms with van der Waals surface area (Å²) in [5, 5.41) is 0. The van der Waals surface area contributed by atoms with Crippen LogP contribution < -0.4 is 19.2 Å². The zero-order chi connectivity index (χ0) is 4.50. The van der Waals surface area contributed by atoms with Gasteiger partial charge in [0.05, 0.1) is 0 Å². The Labute approximate surface area is 68.9 Å². The second-order valence-electron chi connectivity index (χ2n) is 0.500. The monoisotopic (exact) mass is 233 g/mol. The molecule has 0 saturated heterocycles. The fraction of sp³-hybridized carbons (Fsp3) is 0. The average Bonchev–Trinajstić information content (AvgIpc) is 0.722. The van der Waals surface area contributed by atoms with Crippen LogP contribution in [0.2, 0.25) is 0 Å². The van der Waals surface area contributed by atoms with Crippen LogP contribution in [0.5, 0.6) is 0 Å². The smallest absolute Gasteiger partial charge is 0 e. The van der Waals surface area contributed by atoms with Crippen LogP contribution in [0.15, 0.2) is 0 Å². The summed E-state index contributed by atoms with van der Waals surface area (Å²) in [7, 11) is -5.61. The number of rotatable bonds is 0. The molecule has 0 aromatic carbocycles. The largest absolute Gasteiger partial charge is 0.894 e. The van der Waals surface area contributed by atoms with Crippen molar-refractivity contribution in [1.29, 1.82) is 0 Å². The Kier molecular flexibility index (Phi) is 5.94. The normalized spacial score (nSPS) is 10.0. The van der Waals surface area contributed by atoms with Crippen molar-refractivity contribution >= 4 is 9.05 Å². The minimum absolute atomic E-state index is 0. The maximum atomic E-state index is 8.58. The van der Waals surface area contributed by atoms with Crippen molar-refractivity contribution < 1.29 is 60.5 Å². The Balaban J connectivity index is 0. The molecule has 0 bridgehead atoms. The maximum Gasteiger partial charge on any atom is 0 e. The van der Waals surface area contributed by atoms with Crippen molar-refractivity contribution in [2.24, 2.45) is 0 Å². The third-order valence-electron chi connectivity index (χ3n) is 0. The summed E-state index contributed by atoms with van der Waals surface area (Å²) in [6.07, 6.45) is 0. The fourth-order valence-corrected chi connectivity index (χ4v) is 0. The van der Waals surface area contributed by atoms with Gasteiger partial charge >= 0.3 is 0 Å². The number of hydrogen-bond acceptors (Lipinski definition) is 4. The van der Waals surface area contributed by atoms with Crippen molar-refractivity contribution in [3.05, 3.63) is 0 Å². The van der Waals surface area contributed by atoms with Crippen molar-refractivity contribution in [3.63, 3.8) is 0 Å². The van der Waals surface area contributed by atoms with Crippen LogP contribution in [0.3, 0.4) is 0 Å². The zero-order valence-corrected chi connectivity index (χ0v) is 7.41. The molecule has 0 aliphatic heterocycles. The topological polar surface area (TPSA) is 92.2 Å². The van der Waals surface area contributed by atoms with Gasteiger partial charge in [0.25, 0.3) is 0 Å². The van der Waals surface area contributed by atoms with Gasteiger partial charge < -0.3 is 28.2 Å². The Morgan fingerprint density at radius 1 is 0.833 bits per heavy atom. The molecule has 0 heterocycles. The molecule has 6 heteroatoms. The van der Waals surface area contributed by atoms with Gasteiger partial charge in [-0.2, -0.15) is 0 Å². The van der Waals surface area contributed by atoms with E-state index in [9.17, 15) is 0 Å². The quantitative estimate of drug-likeness (QED) is 0.391. The summed E-state index contributed by atoms with van der Waals surface area (Å²) >= 11 is 0. The average molecular weight is 233 g/mol. The fourth-order valence-electron chi connectivity index (χ4n) is 0. The molecule has 1 radical (unpaired) electrons. The summed E-state index contributed by atoms with van der Waals surface area (Å²) in [6.45, 7) is 0. The molecule has 0 N–H and O–H groups in total. The molecule has 0 unspecified atom stereocenters. The predicted octanol–water partition coefficient (Wildman–Crippen LogP) is -5.14. The summed E-state index contributed by atoms with van der Waals surface area (Å²) < 4.78 is 0. The molecule has 0 fully saturated rings. The van der Waals surface area contributed by atoms with E-state index in [1.165, 1.54) is 0 Å². The first-order chi connectivity index (χ1) is 2.00. The van der Waals surface area contributed by atoms with Gasteiger partial charge in [-0.05, 0) is 0 Å². The van der Waals surface area contributed by atoms with E-state index in [0.717, 1.165) is 0 Å². The summed E-state index contributed by atoms with van der Waals surface area (Å²) in [5.74, 6) is 0. The SMILES string of the molecule is [O-][Si]([O-])([O-])[O-].[Pr]. The van der Waals surface area contributed by atoms with E-state index in [0.29, 0.717) is 0 Å². The molecule has 0 amide bonds. The minimum atomic E-state index is -5.61. The second kappa shape index (κ2) is 3.43. The Morgan fingerprint density at radius 3 is 0.833 bits per heavy atom. The van der Waals surface area contributed by atoms with Gasteiger partial charge in [-0.15, -0.1) is 0 Å². The first-order valence-corrected chi connectivity index (χ1v) is 2.45. The van der Waals surface area contributed by atoms with Crippen LogP contribution in [0.25, 0.3) is 0 Å². The molecule has 4 nitrogen and oxygen atoms in total. The molecule has 0 aromatic rings. The standard InChI is InChI=1S/O4Si.Pr/c1-5(2,3)4;/q-4;. The molecule has 0 spiro atoms. The van der Waals surface area contributed by atoms with Crippen LogP contribution in [0.1, 0.15) is 0 Å². The van der Waals surface area contributed by atoms with E-state index in [4.69, 9.17) is 19.2 Å². The minimum Gasteiger partial charge on any atom is -0.894 e. The van der Waals surface area contributed by atoms with Crippen LogP contribution in [0, 0.1) is 41.3 Å².